The molecule has 0 saturated carbocycles. The number of fused-ring (bicyclic) bond motifs is 1. The molecule has 3 amide bonds. The summed E-state index contributed by atoms with van der Waals surface area (Å²) in [6.45, 7) is -0.397. The standard InChI is InChI=1S/C23H16N2O5S/c26-20(24-17-10-11-18-16(13-17)9-12-21(27)30-18)14-25-22(28)19(31-23(25)29)8-4-7-15-5-2-1-3-6-15/h1-13H,14H2,(H,24,26). The number of amides is 3. The van der Waals surface area contributed by atoms with Gasteiger partial charge < -0.3 is 9.73 Å². The summed E-state index contributed by atoms with van der Waals surface area (Å²) in [5, 5.41) is 2.78. The first kappa shape index (κ1) is 20.4. The van der Waals surface area contributed by atoms with Gasteiger partial charge in [0.2, 0.25) is 5.91 Å². The van der Waals surface area contributed by atoms with Crippen LogP contribution in [0, 0.1) is 0 Å². The average molecular weight is 432 g/mol. The van der Waals surface area contributed by atoms with E-state index < -0.39 is 29.2 Å². The van der Waals surface area contributed by atoms with Crippen molar-refractivity contribution in [2.75, 3.05) is 11.9 Å². The van der Waals surface area contributed by atoms with Crippen molar-refractivity contribution < 1.29 is 18.8 Å². The molecule has 0 radical (unpaired) electrons. The lowest BCUT2D eigenvalue weighted by atomic mass is 10.2. The summed E-state index contributed by atoms with van der Waals surface area (Å²) in [6.07, 6.45) is 5.08. The number of hydrogen-bond acceptors (Lipinski definition) is 6. The summed E-state index contributed by atoms with van der Waals surface area (Å²) in [7, 11) is 0. The molecule has 0 aliphatic carbocycles. The Morgan fingerprint density at radius 2 is 1.84 bits per heavy atom. The number of thioether (sulfide) groups is 1. The summed E-state index contributed by atoms with van der Waals surface area (Å²) < 4.78 is 5.05. The third-order valence-corrected chi connectivity index (χ3v) is 5.34. The lowest BCUT2D eigenvalue weighted by Gasteiger charge is -2.12. The van der Waals surface area contributed by atoms with Gasteiger partial charge in [0, 0.05) is 17.1 Å². The topological polar surface area (TPSA) is 96.7 Å². The van der Waals surface area contributed by atoms with E-state index in [1.54, 1.807) is 36.4 Å². The Morgan fingerprint density at radius 1 is 1.03 bits per heavy atom. The van der Waals surface area contributed by atoms with Crippen LogP contribution in [-0.4, -0.2) is 28.5 Å². The fourth-order valence-corrected chi connectivity index (χ4v) is 3.74. The van der Waals surface area contributed by atoms with Crippen LogP contribution in [0.5, 0.6) is 0 Å². The van der Waals surface area contributed by atoms with Crippen LogP contribution < -0.4 is 10.9 Å². The lowest BCUT2D eigenvalue weighted by molar-refractivity contribution is -0.127. The summed E-state index contributed by atoms with van der Waals surface area (Å²) in [6, 6.07) is 17.2. The van der Waals surface area contributed by atoms with Gasteiger partial charge in [-0.05, 0) is 47.7 Å². The van der Waals surface area contributed by atoms with E-state index in [2.05, 4.69) is 5.32 Å². The highest BCUT2D eigenvalue weighted by Gasteiger charge is 2.35. The van der Waals surface area contributed by atoms with Gasteiger partial charge in [-0.1, -0.05) is 42.5 Å². The van der Waals surface area contributed by atoms with Crippen LogP contribution in [-0.2, 0) is 9.59 Å². The van der Waals surface area contributed by atoms with E-state index in [1.807, 2.05) is 36.4 Å². The molecule has 154 valence electrons. The van der Waals surface area contributed by atoms with Crippen LogP contribution in [0.15, 0.2) is 86.9 Å². The van der Waals surface area contributed by atoms with Crippen LogP contribution in [0.1, 0.15) is 5.56 Å². The molecule has 8 heteroatoms. The monoisotopic (exact) mass is 432 g/mol. The average Bonchev–Trinajstić information content (AvgIpc) is 3.02. The third kappa shape index (κ3) is 4.81. The summed E-state index contributed by atoms with van der Waals surface area (Å²) >= 11 is 0.794. The first-order valence-electron chi connectivity index (χ1n) is 9.30. The number of carbonyl (C=O) groups excluding carboxylic acids is 3. The minimum absolute atomic E-state index is 0.255. The maximum absolute atomic E-state index is 12.5. The van der Waals surface area contributed by atoms with E-state index in [4.69, 9.17) is 4.42 Å². The third-order valence-electron chi connectivity index (χ3n) is 4.41. The van der Waals surface area contributed by atoms with Crippen molar-refractivity contribution in [3.63, 3.8) is 0 Å². The van der Waals surface area contributed by atoms with Crippen LogP contribution >= 0.6 is 11.8 Å². The Bertz CT molecular complexity index is 1290. The molecule has 1 aromatic heterocycles. The zero-order valence-electron chi connectivity index (χ0n) is 16.1. The Kier molecular flexibility index (Phi) is 5.81. The molecule has 7 nitrogen and oxygen atoms in total. The van der Waals surface area contributed by atoms with Gasteiger partial charge in [-0.15, -0.1) is 0 Å². The second-order valence-electron chi connectivity index (χ2n) is 6.62. The first-order chi connectivity index (χ1) is 15.0. The summed E-state index contributed by atoms with van der Waals surface area (Å²) in [5.41, 5.74) is 1.35. The number of rotatable bonds is 5. The Morgan fingerprint density at radius 3 is 2.65 bits per heavy atom. The van der Waals surface area contributed by atoms with Crippen molar-refractivity contribution in [3.05, 3.63) is 93.7 Å². The summed E-state index contributed by atoms with van der Waals surface area (Å²) in [4.78, 5) is 49.5. The van der Waals surface area contributed by atoms with E-state index in [0.29, 0.717) is 16.7 Å². The van der Waals surface area contributed by atoms with Crippen LogP contribution in [0.2, 0.25) is 0 Å². The molecule has 2 heterocycles. The van der Waals surface area contributed by atoms with E-state index in [9.17, 15) is 19.2 Å². The van der Waals surface area contributed by atoms with E-state index in [0.717, 1.165) is 22.2 Å². The smallest absolute Gasteiger partial charge is 0.336 e. The molecule has 1 N–H and O–H groups in total. The van der Waals surface area contributed by atoms with Gasteiger partial charge in [-0.3, -0.25) is 19.3 Å². The van der Waals surface area contributed by atoms with Gasteiger partial charge in [0.1, 0.15) is 12.1 Å². The highest BCUT2D eigenvalue weighted by molar-refractivity contribution is 8.18. The number of nitrogens with zero attached hydrogens (tertiary/aromatic N) is 1. The number of imide groups is 1. The quantitative estimate of drug-likeness (QED) is 0.483. The van der Waals surface area contributed by atoms with Crippen molar-refractivity contribution in [1.82, 2.24) is 4.90 Å². The number of anilines is 1. The number of allylic oxidation sites excluding steroid dienone is 2. The maximum Gasteiger partial charge on any atom is 0.336 e. The number of benzene rings is 2. The molecule has 3 aromatic rings. The minimum Gasteiger partial charge on any atom is -0.423 e. The molecule has 1 fully saturated rings. The first-order valence-corrected chi connectivity index (χ1v) is 10.1. The van der Waals surface area contributed by atoms with Crippen LogP contribution in [0.25, 0.3) is 17.0 Å². The zero-order chi connectivity index (χ0) is 21.8. The predicted molar refractivity (Wildman–Crippen MR) is 119 cm³/mol. The van der Waals surface area contributed by atoms with Gasteiger partial charge in [-0.25, -0.2) is 4.79 Å². The van der Waals surface area contributed by atoms with Crippen molar-refractivity contribution >= 4 is 51.5 Å². The van der Waals surface area contributed by atoms with Gasteiger partial charge >= 0.3 is 5.63 Å². The molecular weight excluding hydrogens is 416 g/mol. The minimum atomic E-state index is -0.514. The van der Waals surface area contributed by atoms with Gasteiger partial charge in [-0.2, -0.15) is 0 Å². The van der Waals surface area contributed by atoms with Crippen molar-refractivity contribution in [2.45, 2.75) is 0 Å². The highest BCUT2D eigenvalue weighted by Crippen LogP contribution is 2.30. The molecule has 0 bridgehead atoms. The molecule has 31 heavy (non-hydrogen) atoms. The molecule has 1 aliphatic heterocycles. The highest BCUT2D eigenvalue weighted by atomic mass is 32.2. The molecule has 0 atom stereocenters. The van der Waals surface area contributed by atoms with Crippen LogP contribution in [0.3, 0.4) is 0 Å². The lowest BCUT2D eigenvalue weighted by Crippen LogP contribution is -2.36. The van der Waals surface area contributed by atoms with Crippen molar-refractivity contribution in [3.8, 4) is 0 Å². The fourth-order valence-electron chi connectivity index (χ4n) is 2.95. The number of carbonyl (C=O) groups is 3. The molecular formula is C23H16N2O5S. The molecule has 1 saturated heterocycles. The van der Waals surface area contributed by atoms with Crippen molar-refractivity contribution in [2.24, 2.45) is 0 Å². The molecule has 0 unspecified atom stereocenters. The van der Waals surface area contributed by atoms with E-state index in [1.165, 1.54) is 6.07 Å². The fraction of sp³-hybridized carbons (Fsp3) is 0.0435. The van der Waals surface area contributed by atoms with Gasteiger partial charge in [0.15, 0.2) is 0 Å². The molecule has 0 spiro atoms. The molecule has 2 aromatic carbocycles. The number of hydrogen-bond donors (Lipinski definition) is 1. The second kappa shape index (κ2) is 8.85. The Hall–Kier alpha value is -3.91. The van der Waals surface area contributed by atoms with Gasteiger partial charge in [0.05, 0.1) is 4.91 Å². The second-order valence-corrected chi connectivity index (χ2v) is 7.61. The zero-order valence-corrected chi connectivity index (χ0v) is 16.9. The Balaban J connectivity index is 1.41. The largest absolute Gasteiger partial charge is 0.423 e. The van der Waals surface area contributed by atoms with Gasteiger partial charge in [0.25, 0.3) is 11.1 Å². The van der Waals surface area contributed by atoms with E-state index >= 15 is 0 Å². The normalized spacial score (nSPS) is 15.4. The van der Waals surface area contributed by atoms with Crippen LogP contribution in [0.4, 0.5) is 10.5 Å². The summed E-state index contributed by atoms with van der Waals surface area (Å²) in [5.74, 6) is -1.02. The SMILES string of the molecule is O=C(CN1C(=O)SC(=CC=Cc2ccccc2)C1=O)Nc1ccc2oc(=O)ccc2c1. The number of nitrogens with one attached hydrogen (secondary N) is 1. The Labute approximate surface area is 181 Å². The van der Waals surface area contributed by atoms with E-state index in [-0.39, 0.29) is 4.91 Å². The van der Waals surface area contributed by atoms with Crippen molar-refractivity contribution in [1.29, 1.82) is 0 Å². The molecule has 1 aliphatic rings. The molecule has 4 rings (SSSR count). The maximum atomic E-state index is 12.5. The predicted octanol–water partition coefficient (Wildman–Crippen LogP) is 4.02.